The Morgan fingerprint density at radius 1 is 1.10 bits per heavy atom. The lowest BCUT2D eigenvalue weighted by atomic mass is 9.92. The Morgan fingerprint density at radius 3 is 2.15 bits per heavy atom. The summed E-state index contributed by atoms with van der Waals surface area (Å²) < 4.78 is 92.1. The molecule has 1 aliphatic heterocycles. The minimum Gasteiger partial charge on any atom is -0.391 e. The highest BCUT2D eigenvalue weighted by Crippen LogP contribution is 3.02. The lowest BCUT2D eigenvalue weighted by Gasteiger charge is -2.40. The first-order valence-corrected chi connectivity index (χ1v) is 14.2. The Hall–Kier alpha value is -3.65. The highest BCUT2D eigenvalue weighted by Gasteiger charge is 2.65. The first kappa shape index (κ1) is 31.9. The minimum absolute atomic E-state index is 0.0255. The van der Waals surface area contributed by atoms with Gasteiger partial charge in [-0.1, -0.05) is 19.4 Å². The number of nitrogens with zero attached hydrogens (tertiary/aromatic N) is 5. The molecule has 1 saturated heterocycles. The van der Waals surface area contributed by atoms with Crippen molar-refractivity contribution in [2.24, 2.45) is 0 Å². The van der Waals surface area contributed by atoms with Crippen molar-refractivity contribution in [2.75, 3.05) is 18.0 Å². The maximum Gasteiger partial charge on any atom is 0.310 e. The summed E-state index contributed by atoms with van der Waals surface area (Å²) in [4.78, 5) is 32.6. The van der Waals surface area contributed by atoms with Crippen molar-refractivity contribution in [1.82, 2.24) is 20.2 Å². The molecule has 2 heterocycles. The molecular weight excluding hydrogens is 585 g/mol. The second kappa shape index (κ2) is 11.3. The van der Waals surface area contributed by atoms with E-state index in [-0.39, 0.29) is 43.6 Å². The number of hydrogen-bond donors (Lipinski definition) is 2. The van der Waals surface area contributed by atoms with Crippen molar-refractivity contribution in [3.8, 4) is 6.19 Å². The van der Waals surface area contributed by atoms with Crippen molar-refractivity contribution in [3.05, 3.63) is 49.1 Å². The number of amides is 2. The molecule has 1 saturated carbocycles. The maximum absolute atomic E-state index is 13.3. The van der Waals surface area contributed by atoms with E-state index in [0.29, 0.717) is 12.1 Å². The molecule has 4 rings (SSSR count). The van der Waals surface area contributed by atoms with Crippen LogP contribution < -0.4 is 10.2 Å². The van der Waals surface area contributed by atoms with E-state index in [2.05, 4.69) is 15.3 Å². The summed E-state index contributed by atoms with van der Waals surface area (Å²) in [6.07, 6.45) is 4.37. The molecule has 2 fully saturated rings. The summed E-state index contributed by atoms with van der Waals surface area (Å²) in [6.45, 7) is -0.959. The van der Waals surface area contributed by atoms with Crippen LogP contribution in [0.1, 0.15) is 32.1 Å². The first-order valence-electron chi connectivity index (χ1n) is 12.3. The van der Waals surface area contributed by atoms with Crippen LogP contribution in [0, 0.1) is 11.5 Å². The van der Waals surface area contributed by atoms with Crippen LogP contribution in [0.5, 0.6) is 0 Å². The molecule has 1 aromatic carbocycles. The fraction of sp³-hybridized carbons (Fsp3) is 0.458. The van der Waals surface area contributed by atoms with Crippen LogP contribution in [0.25, 0.3) is 0 Å². The van der Waals surface area contributed by atoms with Crippen molar-refractivity contribution < 1.29 is 42.9 Å². The zero-order valence-corrected chi connectivity index (χ0v) is 22.2. The van der Waals surface area contributed by atoms with E-state index >= 15 is 0 Å². The molecule has 2 N–H and O–H groups in total. The largest absolute Gasteiger partial charge is 0.391 e. The second-order valence-corrected chi connectivity index (χ2v) is 12.1. The molecule has 226 valence electrons. The van der Waals surface area contributed by atoms with E-state index in [4.69, 9.17) is 0 Å². The number of alkyl halides is 2. The molecule has 0 radical (unpaired) electrons. The molecule has 2 atom stereocenters. The van der Waals surface area contributed by atoms with Crippen molar-refractivity contribution in [1.29, 1.82) is 5.26 Å². The highest BCUT2D eigenvalue weighted by atomic mass is 32.5. The fourth-order valence-electron chi connectivity index (χ4n) is 4.37. The third-order valence-corrected chi connectivity index (χ3v) is 7.58. The van der Waals surface area contributed by atoms with Gasteiger partial charge in [0.25, 0.3) is 5.91 Å². The average molecular weight is 613 g/mol. The lowest BCUT2D eigenvalue weighted by Crippen LogP contribution is -2.50. The van der Waals surface area contributed by atoms with Crippen LogP contribution in [0.3, 0.4) is 0 Å². The van der Waals surface area contributed by atoms with Crippen molar-refractivity contribution in [3.63, 3.8) is 0 Å². The van der Waals surface area contributed by atoms with E-state index in [1.807, 2.05) is 0 Å². The average Bonchev–Trinajstić information content (AvgIpc) is 3.29. The number of aromatic nitrogens is 2. The number of nitrogens with one attached hydrogen (secondary N) is 1. The summed E-state index contributed by atoms with van der Waals surface area (Å²) in [7, 11) is -9.99. The normalized spacial score (nSPS) is 22.3. The topological polar surface area (TPSA) is 122 Å². The number of likely N-dealkylation sites (tertiary alicyclic amines) is 1. The SMILES string of the molecule is N#CN1CC(O)CC1C(=O)N(CC(=O)NC1CCC(F)(F)CC1)c1ccc(S(F)(F)(F)(F)F)cc1.c1cncnc1. The maximum atomic E-state index is 13.3. The van der Waals surface area contributed by atoms with E-state index in [9.17, 15) is 48.2 Å². The van der Waals surface area contributed by atoms with Gasteiger partial charge in [0.05, 0.1) is 12.6 Å². The Kier molecular flexibility index (Phi) is 8.80. The summed E-state index contributed by atoms with van der Waals surface area (Å²) in [6, 6.07) is 1.29. The molecular formula is C24H27F7N6O3S. The summed E-state index contributed by atoms with van der Waals surface area (Å²) in [5, 5.41) is 21.5. The second-order valence-electron chi connectivity index (χ2n) is 9.65. The molecule has 41 heavy (non-hydrogen) atoms. The van der Waals surface area contributed by atoms with Gasteiger partial charge in [0.2, 0.25) is 11.8 Å². The first-order chi connectivity index (χ1) is 18.9. The number of carbonyl (C=O) groups is 2. The number of aliphatic hydroxyl groups excluding tert-OH is 1. The van der Waals surface area contributed by atoms with E-state index in [1.165, 1.54) is 6.33 Å². The number of carbonyl (C=O) groups excluding carboxylic acids is 2. The van der Waals surface area contributed by atoms with Gasteiger partial charge in [-0.05, 0) is 43.2 Å². The van der Waals surface area contributed by atoms with Crippen molar-refractivity contribution >= 4 is 27.7 Å². The highest BCUT2D eigenvalue weighted by molar-refractivity contribution is 8.45. The van der Waals surface area contributed by atoms with Crippen LogP contribution in [0.15, 0.2) is 53.9 Å². The molecule has 17 heteroatoms. The van der Waals surface area contributed by atoms with Crippen LogP contribution in [-0.4, -0.2) is 69.0 Å². The predicted molar refractivity (Wildman–Crippen MR) is 134 cm³/mol. The number of β-amino-alcohol motifs (C(OH)–C–C–N with tert-alkyl or cyclic N) is 1. The molecule has 2 amide bonds. The zero-order valence-electron chi connectivity index (χ0n) is 21.4. The molecule has 9 nitrogen and oxygen atoms in total. The molecule has 1 aromatic heterocycles. The number of benzene rings is 1. The van der Waals surface area contributed by atoms with Gasteiger partial charge in [0.1, 0.15) is 23.8 Å². The number of hydrogen-bond acceptors (Lipinski definition) is 7. The van der Waals surface area contributed by atoms with Gasteiger partial charge in [0.15, 0.2) is 6.19 Å². The van der Waals surface area contributed by atoms with E-state index in [0.717, 1.165) is 9.80 Å². The third-order valence-electron chi connectivity index (χ3n) is 6.41. The van der Waals surface area contributed by atoms with Crippen molar-refractivity contribution in [2.45, 2.75) is 61.1 Å². The van der Waals surface area contributed by atoms with Gasteiger partial charge in [-0.3, -0.25) is 14.5 Å². The molecule has 0 bridgehead atoms. The summed E-state index contributed by atoms with van der Waals surface area (Å²) in [5.74, 6) is -4.58. The fourth-order valence-corrected chi connectivity index (χ4v) is 5.02. The number of anilines is 1. The van der Waals surface area contributed by atoms with E-state index in [1.54, 1.807) is 24.7 Å². The van der Waals surface area contributed by atoms with Crippen LogP contribution in [0.4, 0.5) is 33.9 Å². The smallest absolute Gasteiger partial charge is 0.310 e. The van der Waals surface area contributed by atoms with Gasteiger partial charge in [-0.2, -0.15) is 5.26 Å². The van der Waals surface area contributed by atoms with Gasteiger partial charge in [0, 0.05) is 43.4 Å². The Morgan fingerprint density at radius 2 is 1.68 bits per heavy atom. The van der Waals surface area contributed by atoms with Crippen LogP contribution in [-0.2, 0) is 9.59 Å². The third kappa shape index (κ3) is 9.18. The minimum atomic E-state index is -9.99. The number of nitriles is 1. The lowest BCUT2D eigenvalue weighted by molar-refractivity contribution is -0.126. The van der Waals surface area contributed by atoms with Crippen LogP contribution >= 0.6 is 10.2 Å². The number of aliphatic hydroxyl groups is 1. The Labute approximate surface area is 230 Å². The summed E-state index contributed by atoms with van der Waals surface area (Å²) in [5.41, 5.74) is -0.329. The Bertz CT molecular complexity index is 1230. The van der Waals surface area contributed by atoms with Gasteiger partial charge in [-0.25, -0.2) is 18.7 Å². The monoisotopic (exact) mass is 612 g/mol. The van der Waals surface area contributed by atoms with Crippen LogP contribution in [0.2, 0.25) is 0 Å². The number of halogens is 7. The standard InChI is InChI=1S/C20H23F7N4O3S.C4H4N2/c21-20(22)7-5-13(6-8-20)29-18(33)11-31(19(34)17-9-15(32)10-30(17)12-28)14-1-3-16(4-2-14)35(23,24,25,26)27;1-2-5-4-6-3-1/h1-4,13,15,17,32H,5-11H2,(H,29,33);1-4H. The molecule has 1 aliphatic carbocycles. The zero-order chi connectivity index (χ0) is 30.5. The summed E-state index contributed by atoms with van der Waals surface area (Å²) >= 11 is 0. The van der Waals surface area contributed by atoms with Gasteiger partial charge in [-0.15, -0.1) is 0 Å². The predicted octanol–water partition coefficient (Wildman–Crippen LogP) is 4.76. The van der Waals surface area contributed by atoms with Gasteiger partial charge < -0.3 is 15.3 Å². The quantitative estimate of drug-likeness (QED) is 0.356. The molecule has 2 aliphatic rings. The molecule has 0 spiro atoms. The molecule has 2 unspecified atom stereocenters. The number of rotatable bonds is 6. The van der Waals surface area contributed by atoms with E-state index < -0.39 is 70.4 Å². The Balaban J connectivity index is 0.000000681. The molecule has 2 aromatic rings. The van der Waals surface area contributed by atoms with Gasteiger partial charge >= 0.3 is 10.2 Å².